The third-order valence-corrected chi connectivity index (χ3v) is 3.58. The van der Waals surface area contributed by atoms with Gasteiger partial charge in [0.2, 0.25) is 0 Å². The molecule has 104 valence electrons. The standard InChI is InChI=1S/C13H15N5O2/c1-7-8(2)20-12-9(7)4-3-5-10(12)13(19)14-6-11-15-17-18-16-11/h3-5,7-8H,6H2,1-2H3,(H,14,19)(H,15,16,17,18). The van der Waals surface area contributed by atoms with E-state index in [1.54, 1.807) is 6.07 Å². The van der Waals surface area contributed by atoms with Gasteiger partial charge < -0.3 is 10.1 Å². The molecule has 1 amide bonds. The van der Waals surface area contributed by atoms with Gasteiger partial charge in [-0.05, 0) is 13.0 Å². The van der Waals surface area contributed by atoms with E-state index in [2.05, 4.69) is 32.9 Å². The van der Waals surface area contributed by atoms with Crippen LogP contribution in [0.15, 0.2) is 18.2 Å². The van der Waals surface area contributed by atoms with Gasteiger partial charge in [-0.25, -0.2) is 0 Å². The summed E-state index contributed by atoms with van der Waals surface area (Å²) >= 11 is 0. The fraction of sp³-hybridized carbons (Fsp3) is 0.385. The summed E-state index contributed by atoms with van der Waals surface area (Å²) in [6, 6.07) is 5.63. The number of nitrogens with one attached hydrogen (secondary N) is 2. The lowest BCUT2D eigenvalue weighted by molar-refractivity contribution is 0.0945. The molecule has 0 fully saturated rings. The Morgan fingerprint density at radius 3 is 3.05 bits per heavy atom. The zero-order valence-electron chi connectivity index (χ0n) is 11.3. The largest absolute Gasteiger partial charge is 0.489 e. The number of tetrazole rings is 1. The van der Waals surface area contributed by atoms with Crippen molar-refractivity contribution < 1.29 is 9.53 Å². The van der Waals surface area contributed by atoms with Crippen LogP contribution in [0.5, 0.6) is 5.75 Å². The Morgan fingerprint density at radius 2 is 2.30 bits per heavy atom. The Hall–Kier alpha value is -2.44. The number of rotatable bonds is 3. The molecule has 0 aliphatic carbocycles. The first-order valence-corrected chi connectivity index (χ1v) is 6.47. The molecule has 0 bridgehead atoms. The number of amides is 1. The third-order valence-electron chi connectivity index (χ3n) is 3.58. The van der Waals surface area contributed by atoms with Crippen molar-refractivity contribution in [2.24, 2.45) is 0 Å². The lowest BCUT2D eigenvalue weighted by Gasteiger charge is -2.09. The molecule has 2 N–H and O–H groups in total. The second-order valence-corrected chi connectivity index (χ2v) is 4.85. The van der Waals surface area contributed by atoms with E-state index in [9.17, 15) is 4.79 Å². The number of benzene rings is 1. The van der Waals surface area contributed by atoms with Gasteiger partial charge in [0, 0.05) is 11.5 Å². The Bertz CT molecular complexity index is 626. The molecule has 20 heavy (non-hydrogen) atoms. The predicted molar refractivity (Wildman–Crippen MR) is 70.3 cm³/mol. The lowest BCUT2D eigenvalue weighted by atomic mass is 9.97. The molecule has 7 nitrogen and oxygen atoms in total. The summed E-state index contributed by atoms with van der Waals surface area (Å²) in [5.41, 5.74) is 1.62. The summed E-state index contributed by atoms with van der Waals surface area (Å²) < 4.78 is 5.80. The molecule has 2 atom stereocenters. The van der Waals surface area contributed by atoms with Gasteiger partial charge in [-0.3, -0.25) is 4.79 Å². The zero-order valence-corrected chi connectivity index (χ0v) is 11.3. The van der Waals surface area contributed by atoms with Crippen LogP contribution in [0.1, 0.15) is 41.5 Å². The highest BCUT2D eigenvalue weighted by Crippen LogP contribution is 2.40. The monoisotopic (exact) mass is 273 g/mol. The van der Waals surface area contributed by atoms with Crippen molar-refractivity contribution in [2.75, 3.05) is 0 Å². The van der Waals surface area contributed by atoms with Gasteiger partial charge in [-0.2, -0.15) is 5.21 Å². The summed E-state index contributed by atoms with van der Waals surface area (Å²) in [5, 5.41) is 16.1. The van der Waals surface area contributed by atoms with Crippen molar-refractivity contribution in [1.82, 2.24) is 25.9 Å². The Morgan fingerprint density at radius 1 is 1.45 bits per heavy atom. The van der Waals surface area contributed by atoms with Gasteiger partial charge in [0.25, 0.3) is 5.91 Å². The van der Waals surface area contributed by atoms with E-state index in [1.807, 2.05) is 19.1 Å². The lowest BCUT2D eigenvalue weighted by Crippen LogP contribution is -2.24. The fourth-order valence-electron chi connectivity index (χ4n) is 2.28. The summed E-state index contributed by atoms with van der Waals surface area (Å²) in [5.74, 6) is 1.20. The van der Waals surface area contributed by atoms with E-state index in [4.69, 9.17) is 4.74 Å². The Kier molecular flexibility index (Phi) is 3.09. The molecule has 0 saturated heterocycles. The quantitative estimate of drug-likeness (QED) is 0.870. The second kappa shape index (κ2) is 4.92. The highest BCUT2D eigenvalue weighted by Gasteiger charge is 2.30. The van der Waals surface area contributed by atoms with Crippen molar-refractivity contribution in [3.05, 3.63) is 35.2 Å². The van der Waals surface area contributed by atoms with Crippen molar-refractivity contribution in [2.45, 2.75) is 32.4 Å². The first kappa shape index (κ1) is 12.6. The van der Waals surface area contributed by atoms with Crippen LogP contribution < -0.4 is 10.1 Å². The summed E-state index contributed by atoms with van der Waals surface area (Å²) in [7, 11) is 0. The van der Waals surface area contributed by atoms with Crippen molar-refractivity contribution in [3.63, 3.8) is 0 Å². The normalized spacial score (nSPS) is 20.3. The van der Waals surface area contributed by atoms with Gasteiger partial charge in [0.05, 0.1) is 12.1 Å². The number of H-pyrrole nitrogens is 1. The first-order chi connectivity index (χ1) is 9.66. The van der Waals surface area contributed by atoms with Crippen LogP contribution in [-0.4, -0.2) is 32.6 Å². The van der Waals surface area contributed by atoms with Gasteiger partial charge in [-0.15, -0.1) is 10.2 Å². The van der Waals surface area contributed by atoms with E-state index in [0.29, 0.717) is 17.1 Å². The highest BCUT2D eigenvalue weighted by molar-refractivity contribution is 5.97. The number of carbonyl (C=O) groups excluding carboxylic acids is 1. The predicted octanol–water partition coefficient (Wildman–Crippen LogP) is 1.01. The number of aromatic amines is 1. The van der Waals surface area contributed by atoms with Crippen LogP contribution in [0.25, 0.3) is 0 Å². The van der Waals surface area contributed by atoms with E-state index in [0.717, 1.165) is 5.56 Å². The molecule has 2 unspecified atom stereocenters. The van der Waals surface area contributed by atoms with Gasteiger partial charge in [-0.1, -0.05) is 24.3 Å². The average molecular weight is 273 g/mol. The number of ether oxygens (including phenoxy) is 1. The van der Waals surface area contributed by atoms with E-state index in [-0.39, 0.29) is 24.5 Å². The summed E-state index contributed by atoms with van der Waals surface area (Å²) in [6.07, 6.45) is 0.0798. The minimum absolute atomic E-state index is 0.0798. The molecule has 0 saturated carbocycles. The van der Waals surface area contributed by atoms with E-state index in [1.165, 1.54) is 0 Å². The molecule has 1 aromatic heterocycles. The number of hydrogen-bond donors (Lipinski definition) is 2. The Balaban J connectivity index is 1.79. The number of carbonyl (C=O) groups is 1. The van der Waals surface area contributed by atoms with Crippen LogP contribution >= 0.6 is 0 Å². The van der Waals surface area contributed by atoms with Crippen LogP contribution in [0.4, 0.5) is 0 Å². The summed E-state index contributed by atoms with van der Waals surface area (Å²) in [4.78, 5) is 12.2. The smallest absolute Gasteiger partial charge is 0.255 e. The van der Waals surface area contributed by atoms with Crippen LogP contribution in [0.3, 0.4) is 0 Å². The maximum Gasteiger partial charge on any atom is 0.255 e. The number of fused-ring (bicyclic) bond motifs is 1. The molecule has 1 aliphatic rings. The van der Waals surface area contributed by atoms with E-state index < -0.39 is 0 Å². The molecule has 0 spiro atoms. The molecular weight excluding hydrogens is 258 g/mol. The van der Waals surface area contributed by atoms with Crippen molar-refractivity contribution in [1.29, 1.82) is 0 Å². The van der Waals surface area contributed by atoms with E-state index >= 15 is 0 Å². The molecule has 2 aromatic rings. The maximum absolute atomic E-state index is 12.2. The van der Waals surface area contributed by atoms with Crippen LogP contribution in [-0.2, 0) is 6.54 Å². The van der Waals surface area contributed by atoms with Crippen molar-refractivity contribution in [3.8, 4) is 5.75 Å². The molecule has 2 heterocycles. The second-order valence-electron chi connectivity index (χ2n) is 4.85. The number of nitrogens with zero attached hydrogens (tertiary/aromatic N) is 3. The average Bonchev–Trinajstić information content (AvgIpc) is 3.06. The van der Waals surface area contributed by atoms with Crippen molar-refractivity contribution >= 4 is 5.91 Å². The number of aromatic nitrogens is 4. The van der Waals surface area contributed by atoms with Gasteiger partial charge in [0.15, 0.2) is 5.82 Å². The molecule has 1 aromatic carbocycles. The minimum Gasteiger partial charge on any atom is -0.489 e. The number of para-hydroxylation sites is 1. The topological polar surface area (TPSA) is 92.8 Å². The molecule has 0 radical (unpaired) electrons. The zero-order chi connectivity index (χ0) is 14.1. The fourth-order valence-corrected chi connectivity index (χ4v) is 2.28. The third kappa shape index (κ3) is 2.11. The molecule has 1 aliphatic heterocycles. The molecule has 3 rings (SSSR count). The van der Waals surface area contributed by atoms with Gasteiger partial charge >= 0.3 is 0 Å². The highest BCUT2D eigenvalue weighted by atomic mass is 16.5. The van der Waals surface area contributed by atoms with Crippen LogP contribution in [0.2, 0.25) is 0 Å². The molecular formula is C13H15N5O2. The first-order valence-electron chi connectivity index (χ1n) is 6.47. The van der Waals surface area contributed by atoms with Crippen LogP contribution in [0, 0.1) is 0 Å². The minimum atomic E-state index is -0.201. The van der Waals surface area contributed by atoms with Gasteiger partial charge in [0.1, 0.15) is 11.9 Å². The summed E-state index contributed by atoms with van der Waals surface area (Å²) in [6.45, 7) is 4.33. The molecule has 7 heteroatoms. The maximum atomic E-state index is 12.2. The number of hydrogen-bond acceptors (Lipinski definition) is 5. The Labute approximate surface area is 115 Å². The SMILES string of the molecule is CC1Oc2c(C(=O)NCc3nn[nH]n3)cccc2C1C.